The van der Waals surface area contributed by atoms with E-state index in [4.69, 9.17) is 0 Å². The molecule has 0 aliphatic heterocycles. The molecule has 1 N–H and O–H groups in total. The summed E-state index contributed by atoms with van der Waals surface area (Å²) in [6, 6.07) is 6.85. The van der Waals surface area contributed by atoms with Crippen molar-refractivity contribution in [3.8, 4) is 0 Å². The molecule has 0 spiro atoms. The molecule has 2 aromatic rings. The van der Waals surface area contributed by atoms with Gasteiger partial charge in [-0.15, -0.1) is 0 Å². The first-order valence-corrected chi connectivity index (χ1v) is 6.83. The first kappa shape index (κ1) is 13.8. The maximum Gasteiger partial charge on any atom is 0.0644 e. The molecule has 1 aromatic heterocycles. The average molecular weight is 257 g/mol. The molecular weight excluding hydrogens is 234 g/mol. The van der Waals surface area contributed by atoms with Crippen LogP contribution in [0.4, 0.5) is 0 Å². The zero-order chi connectivity index (χ0) is 14.0. The number of hydrogen-bond acceptors (Lipinski definition) is 2. The summed E-state index contributed by atoms with van der Waals surface area (Å²) < 4.78 is 1.89. The summed E-state index contributed by atoms with van der Waals surface area (Å²) in [7, 11) is 1.97. The SMILES string of the molecule is CCNC(c1cc(C)ccc1C)c1cn(C)nc1C. The summed E-state index contributed by atoms with van der Waals surface area (Å²) >= 11 is 0. The van der Waals surface area contributed by atoms with Gasteiger partial charge in [-0.3, -0.25) is 4.68 Å². The van der Waals surface area contributed by atoms with Crippen molar-refractivity contribution < 1.29 is 0 Å². The Morgan fingerprint density at radius 1 is 1.21 bits per heavy atom. The number of nitrogens with one attached hydrogen (secondary N) is 1. The van der Waals surface area contributed by atoms with Crippen molar-refractivity contribution in [2.75, 3.05) is 6.54 Å². The minimum atomic E-state index is 0.221. The molecule has 19 heavy (non-hydrogen) atoms. The van der Waals surface area contributed by atoms with Crippen LogP contribution < -0.4 is 5.32 Å². The van der Waals surface area contributed by atoms with E-state index in [0.717, 1.165) is 12.2 Å². The van der Waals surface area contributed by atoms with Crippen LogP contribution in [0, 0.1) is 20.8 Å². The summed E-state index contributed by atoms with van der Waals surface area (Å²) in [5, 5.41) is 8.05. The average Bonchev–Trinajstić information content (AvgIpc) is 2.69. The second-order valence-corrected chi connectivity index (χ2v) is 5.19. The number of hydrogen-bond donors (Lipinski definition) is 1. The molecule has 0 aliphatic carbocycles. The summed E-state index contributed by atoms with van der Waals surface area (Å²) in [4.78, 5) is 0. The lowest BCUT2D eigenvalue weighted by Gasteiger charge is -2.20. The second-order valence-electron chi connectivity index (χ2n) is 5.19. The fraction of sp³-hybridized carbons (Fsp3) is 0.438. The molecule has 3 nitrogen and oxygen atoms in total. The van der Waals surface area contributed by atoms with E-state index in [9.17, 15) is 0 Å². The molecular formula is C16H23N3. The zero-order valence-electron chi connectivity index (χ0n) is 12.5. The van der Waals surface area contributed by atoms with Gasteiger partial charge in [-0.05, 0) is 38.4 Å². The molecule has 3 heteroatoms. The van der Waals surface area contributed by atoms with Crippen molar-refractivity contribution in [3.63, 3.8) is 0 Å². The first-order valence-electron chi connectivity index (χ1n) is 6.83. The monoisotopic (exact) mass is 257 g/mol. The van der Waals surface area contributed by atoms with E-state index in [-0.39, 0.29) is 6.04 Å². The third-order valence-corrected chi connectivity index (χ3v) is 3.52. The fourth-order valence-corrected chi connectivity index (χ4v) is 2.56. The molecule has 1 aromatic carbocycles. The van der Waals surface area contributed by atoms with Crippen LogP contribution in [0.5, 0.6) is 0 Å². The highest BCUT2D eigenvalue weighted by molar-refractivity contribution is 5.39. The third-order valence-electron chi connectivity index (χ3n) is 3.52. The molecule has 0 saturated heterocycles. The molecule has 1 heterocycles. The van der Waals surface area contributed by atoms with Gasteiger partial charge in [0.1, 0.15) is 0 Å². The number of nitrogens with zero attached hydrogens (tertiary/aromatic N) is 2. The van der Waals surface area contributed by atoms with E-state index in [0.29, 0.717) is 0 Å². The van der Waals surface area contributed by atoms with Gasteiger partial charge in [-0.25, -0.2) is 0 Å². The van der Waals surface area contributed by atoms with Crippen LogP contribution in [0.15, 0.2) is 24.4 Å². The molecule has 1 atom stereocenters. The Labute approximate surface area is 115 Å². The van der Waals surface area contributed by atoms with Crippen molar-refractivity contribution in [2.45, 2.75) is 33.7 Å². The topological polar surface area (TPSA) is 29.9 Å². The van der Waals surface area contributed by atoms with E-state index in [1.807, 2.05) is 11.7 Å². The van der Waals surface area contributed by atoms with E-state index >= 15 is 0 Å². The highest BCUT2D eigenvalue weighted by Gasteiger charge is 2.19. The number of rotatable bonds is 4. The number of benzene rings is 1. The lowest BCUT2D eigenvalue weighted by atomic mass is 9.94. The normalized spacial score (nSPS) is 12.7. The summed E-state index contributed by atoms with van der Waals surface area (Å²) in [5.41, 5.74) is 6.32. The van der Waals surface area contributed by atoms with Gasteiger partial charge in [0, 0.05) is 18.8 Å². The van der Waals surface area contributed by atoms with Crippen molar-refractivity contribution in [1.29, 1.82) is 0 Å². The van der Waals surface area contributed by atoms with Gasteiger partial charge in [0.2, 0.25) is 0 Å². The maximum absolute atomic E-state index is 4.47. The van der Waals surface area contributed by atoms with Gasteiger partial charge >= 0.3 is 0 Å². The summed E-state index contributed by atoms with van der Waals surface area (Å²) in [6.45, 7) is 9.47. The molecule has 0 radical (unpaired) electrons. The van der Waals surface area contributed by atoms with E-state index in [2.05, 4.69) is 62.5 Å². The van der Waals surface area contributed by atoms with Gasteiger partial charge in [0.15, 0.2) is 0 Å². The van der Waals surface area contributed by atoms with Crippen molar-refractivity contribution >= 4 is 0 Å². The first-order chi connectivity index (χ1) is 9.02. The van der Waals surface area contributed by atoms with Crippen molar-refractivity contribution in [1.82, 2.24) is 15.1 Å². The maximum atomic E-state index is 4.47. The highest BCUT2D eigenvalue weighted by atomic mass is 15.3. The van der Waals surface area contributed by atoms with E-state index in [1.54, 1.807) is 0 Å². The molecule has 0 aliphatic rings. The van der Waals surface area contributed by atoms with E-state index in [1.165, 1.54) is 22.3 Å². The van der Waals surface area contributed by atoms with Gasteiger partial charge in [-0.2, -0.15) is 5.10 Å². The van der Waals surface area contributed by atoms with Gasteiger partial charge in [0.25, 0.3) is 0 Å². The largest absolute Gasteiger partial charge is 0.306 e. The van der Waals surface area contributed by atoms with Crippen LogP contribution in [0.25, 0.3) is 0 Å². The Balaban J connectivity index is 2.51. The molecule has 0 bridgehead atoms. The van der Waals surface area contributed by atoms with Crippen molar-refractivity contribution in [2.24, 2.45) is 7.05 Å². The Kier molecular flexibility index (Phi) is 4.05. The Hall–Kier alpha value is -1.61. The van der Waals surface area contributed by atoms with Crippen LogP contribution >= 0.6 is 0 Å². The van der Waals surface area contributed by atoms with Crippen LogP contribution in [0.3, 0.4) is 0 Å². The fourth-order valence-electron chi connectivity index (χ4n) is 2.56. The minimum Gasteiger partial charge on any atom is -0.306 e. The number of aryl methyl sites for hydroxylation is 4. The van der Waals surface area contributed by atoms with Gasteiger partial charge in [-0.1, -0.05) is 30.7 Å². The molecule has 1 unspecified atom stereocenters. The predicted molar refractivity (Wildman–Crippen MR) is 79.4 cm³/mol. The summed E-state index contributed by atoms with van der Waals surface area (Å²) in [5.74, 6) is 0. The third kappa shape index (κ3) is 2.87. The quantitative estimate of drug-likeness (QED) is 0.912. The number of aromatic nitrogens is 2. The molecule has 102 valence electrons. The van der Waals surface area contributed by atoms with Crippen LogP contribution in [-0.4, -0.2) is 16.3 Å². The molecule has 2 rings (SSSR count). The second kappa shape index (κ2) is 5.57. The minimum absolute atomic E-state index is 0.221. The Morgan fingerprint density at radius 3 is 2.53 bits per heavy atom. The van der Waals surface area contributed by atoms with Crippen LogP contribution in [-0.2, 0) is 7.05 Å². The van der Waals surface area contributed by atoms with Crippen LogP contribution in [0.1, 0.15) is 40.9 Å². The molecule has 0 saturated carbocycles. The zero-order valence-corrected chi connectivity index (χ0v) is 12.5. The smallest absolute Gasteiger partial charge is 0.0644 e. The van der Waals surface area contributed by atoms with E-state index < -0.39 is 0 Å². The highest BCUT2D eigenvalue weighted by Crippen LogP contribution is 2.27. The standard InChI is InChI=1S/C16H23N3/c1-6-17-16(15-10-19(5)18-13(15)4)14-9-11(2)7-8-12(14)3/h7-10,16-17H,6H2,1-5H3. The van der Waals surface area contributed by atoms with Crippen LogP contribution in [0.2, 0.25) is 0 Å². The van der Waals surface area contributed by atoms with Gasteiger partial charge in [0.05, 0.1) is 11.7 Å². The Morgan fingerprint density at radius 2 is 1.95 bits per heavy atom. The van der Waals surface area contributed by atoms with Gasteiger partial charge < -0.3 is 5.32 Å². The summed E-state index contributed by atoms with van der Waals surface area (Å²) in [6.07, 6.45) is 2.12. The Bertz CT molecular complexity index is 569. The molecule has 0 amide bonds. The predicted octanol–water partition coefficient (Wildman–Crippen LogP) is 3.04. The molecule has 0 fully saturated rings. The lowest BCUT2D eigenvalue weighted by molar-refractivity contribution is 0.624. The van der Waals surface area contributed by atoms with Crippen molar-refractivity contribution in [3.05, 3.63) is 52.3 Å². The lowest BCUT2D eigenvalue weighted by Crippen LogP contribution is -2.23.